The Morgan fingerprint density at radius 2 is 2.18 bits per heavy atom. The Bertz CT molecular complexity index is 245. The number of thiol groups is 1. The van der Waals surface area contributed by atoms with Crippen LogP contribution in [0.1, 0.15) is 11.1 Å². The van der Waals surface area contributed by atoms with Crippen LogP contribution in [0.25, 0.3) is 0 Å². The van der Waals surface area contributed by atoms with Crippen LogP contribution in [-0.2, 0) is 6.42 Å². The van der Waals surface area contributed by atoms with Crippen molar-refractivity contribution in [3.05, 3.63) is 35.1 Å². The maximum absolute atomic E-state index is 12.7. The van der Waals surface area contributed by atoms with Gasteiger partial charge < -0.3 is 0 Å². The van der Waals surface area contributed by atoms with Crippen LogP contribution in [0.3, 0.4) is 0 Å². The van der Waals surface area contributed by atoms with Crippen molar-refractivity contribution in [3.63, 3.8) is 0 Å². The molecule has 0 aliphatic rings. The summed E-state index contributed by atoms with van der Waals surface area (Å²) in [5, 5.41) is 0. The maximum Gasteiger partial charge on any atom is 0.126 e. The van der Waals surface area contributed by atoms with Gasteiger partial charge in [-0.05, 0) is 36.3 Å². The highest BCUT2D eigenvalue weighted by Gasteiger charge is 1.97. The molecule has 0 heterocycles. The first-order chi connectivity index (χ1) is 5.24. The largest absolute Gasteiger partial charge is 0.207 e. The van der Waals surface area contributed by atoms with E-state index in [-0.39, 0.29) is 5.82 Å². The fourth-order valence-electron chi connectivity index (χ4n) is 0.991. The molecule has 0 saturated carbocycles. The number of rotatable bonds is 2. The number of aryl methyl sites for hydroxylation is 2. The van der Waals surface area contributed by atoms with E-state index < -0.39 is 0 Å². The average Bonchev–Trinajstić information content (AvgIpc) is 1.98. The summed E-state index contributed by atoms with van der Waals surface area (Å²) in [4.78, 5) is 0. The summed E-state index contributed by atoms with van der Waals surface area (Å²) in [6.45, 7) is 1.78. The highest BCUT2D eigenvalue weighted by Crippen LogP contribution is 2.09. The van der Waals surface area contributed by atoms with E-state index in [1.54, 1.807) is 13.0 Å². The van der Waals surface area contributed by atoms with Gasteiger partial charge in [-0.1, -0.05) is 12.1 Å². The minimum Gasteiger partial charge on any atom is -0.207 e. The second-order valence-corrected chi connectivity index (χ2v) is 3.00. The Morgan fingerprint density at radius 1 is 1.45 bits per heavy atom. The molecular weight excluding hydrogens is 159 g/mol. The lowest BCUT2D eigenvalue weighted by molar-refractivity contribution is 0.617. The molecule has 2 heteroatoms. The monoisotopic (exact) mass is 170 g/mol. The van der Waals surface area contributed by atoms with Crippen molar-refractivity contribution in [1.29, 1.82) is 0 Å². The third-order valence-electron chi connectivity index (χ3n) is 1.62. The third-order valence-corrected chi connectivity index (χ3v) is 1.85. The van der Waals surface area contributed by atoms with Gasteiger partial charge in [0.05, 0.1) is 0 Å². The summed E-state index contributed by atoms with van der Waals surface area (Å²) in [5.74, 6) is 0.679. The number of halogens is 1. The van der Waals surface area contributed by atoms with Gasteiger partial charge in [0, 0.05) is 0 Å². The van der Waals surface area contributed by atoms with Gasteiger partial charge in [0.1, 0.15) is 5.82 Å². The van der Waals surface area contributed by atoms with Crippen molar-refractivity contribution in [3.8, 4) is 0 Å². The first-order valence-corrected chi connectivity index (χ1v) is 4.23. The highest BCUT2D eigenvalue weighted by molar-refractivity contribution is 7.80. The van der Waals surface area contributed by atoms with Gasteiger partial charge in [-0.25, -0.2) is 4.39 Å². The molecule has 0 aliphatic carbocycles. The Balaban J connectivity index is 2.86. The van der Waals surface area contributed by atoms with Gasteiger partial charge >= 0.3 is 0 Å². The molecule has 0 spiro atoms. The standard InChI is InChI=1S/C9H11FS/c1-7-6-8(4-5-11)2-3-9(7)10/h2-3,6,11H,4-5H2,1H3. The lowest BCUT2D eigenvalue weighted by Gasteiger charge is -2.00. The molecule has 0 unspecified atom stereocenters. The molecular formula is C9H11FS. The summed E-state index contributed by atoms with van der Waals surface area (Å²) in [6.07, 6.45) is 0.907. The molecule has 0 nitrogen and oxygen atoms in total. The molecule has 0 bridgehead atoms. The zero-order valence-corrected chi connectivity index (χ0v) is 7.37. The molecule has 60 valence electrons. The van der Waals surface area contributed by atoms with E-state index in [1.165, 1.54) is 6.07 Å². The quantitative estimate of drug-likeness (QED) is 0.648. The SMILES string of the molecule is Cc1cc(CCS)ccc1F. The maximum atomic E-state index is 12.7. The van der Waals surface area contributed by atoms with Gasteiger partial charge in [0.25, 0.3) is 0 Å². The van der Waals surface area contributed by atoms with E-state index in [0.29, 0.717) is 5.56 Å². The van der Waals surface area contributed by atoms with E-state index in [2.05, 4.69) is 12.6 Å². The number of hydrogen-bond acceptors (Lipinski definition) is 1. The van der Waals surface area contributed by atoms with Gasteiger partial charge in [-0.3, -0.25) is 0 Å². The zero-order chi connectivity index (χ0) is 8.27. The molecule has 0 amide bonds. The van der Waals surface area contributed by atoms with Crippen LogP contribution in [0.2, 0.25) is 0 Å². The predicted octanol–water partition coefficient (Wildman–Crippen LogP) is 2.61. The highest BCUT2D eigenvalue weighted by atomic mass is 32.1. The fourth-order valence-corrected chi connectivity index (χ4v) is 1.25. The van der Waals surface area contributed by atoms with Gasteiger partial charge in [0.2, 0.25) is 0 Å². The summed E-state index contributed by atoms with van der Waals surface area (Å²) in [5.41, 5.74) is 1.86. The van der Waals surface area contributed by atoms with E-state index in [4.69, 9.17) is 0 Å². The second-order valence-electron chi connectivity index (χ2n) is 2.56. The lowest BCUT2D eigenvalue weighted by Crippen LogP contribution is -1.89. The first-order valence-electron chi connectivity index (χ1n) is 3.60. The van der Waals surface area contributed by atoms with Crippen molar-refractivity contribution in [1.82, 2.24) is 0 Å². The van der Waals surface area contributed by atoms with Crippen LogP contribution >= 0.6 is 12.6 Å². The van der Waals surface area contributed by atoms with Gasteiger partial charge in [0.15, 0.2) is 0 Å². The fraction of sp³-hybridized carbons (Fsp3) is 0.333. The van der Waals surface area contributed by atoms with E-state index in [9.17, 15) is 4.39 Å². The molecule has 0 aliphatic heterocycles. The molecule has 0 N–H and O–H groups in total. The topological polar surface area (TPSA) is 0 Å². The minimum atomic E-state index is -0.132. The first kappa shape index (κ1) is 8.60. The summed E-state index contributed by atoms with van der Waals surface area (Å²) in [6, 6.07) is 5.18. The predicted molar refractivity (Wildman–Crippen MR) is 48.7 cm³/mol. The molecule has 1 aromatic rings. The van der Waals surface area contributed by atoms with Crippen molar-refractivity contribution < 1.29 is 4.39 Å². The third kappa shape index (κ3) is 2.22. The number of hydrogen-bond donors (Lipinski definition) is 1. The van der Waals surface area contributed by atoms with Crippen LogP contribution in [-0.4, -0.2) is 5.75 Å². The molecule has 0 saturated heterocycles. The van der Waals surface area contributed by atoms with Crippen LogP contribution in [0, 0.1) is 12.7 Å². The average molecular weight is 170 g/mol. The Labute approximate surface area is 71.8 Å². The summed E-state index contributed by atoms with van der Waals surface area (Å²) in [7, 11) is 0. The molecule has 0 radical (unpaired) electrons. The van der Waals surface area contributed by atoms with Crippen molar-refractivity contribution in [2.45, 2.75) is 13.3 Å². The Hall–Kier alpha value is -0.500. The second kappa shape index (κ2) is 3.77. The summed E-state index contributed by atoms with van der Waals surface area (Å²) >= 11 is 4.10. The normalized spacial score (nSPS) is 10.1. The number of benzene rings is 1. The van der Waals surface area contributed by atoms with E-state index in [0.717, 1.165) is 17.7 Å². The molecule has 0 atom stereocenters. The lowest BCUT2D eigenvalue weighted by atomic mass is 10.1. The van der Waals surface area contributed by atoms with Crippen LogP contribution in [0.15, 0.2) is 18.2 Å². The molecule has 0 aromatic heterocycles. The van der Waals surface area contributed by atoms with Crippen molar-refractivity contribution in [2.24, 2.45) is 0 Å². The van der Waals surface area contributed by atoms with Crippen LogP contribution < -0.4 is 0 Å². The van der Waals surface area contributed by atoms with Gasteiger partial charge in [-0.15, -0.1) is 0 Å². The van der Waals surface area contributed by atoms with Crippen LogP contribution in [0.4, 0.5) is 4.39 Å². The van der Waals surface area contributed by atoms with Gasteiger partial charge in [-0.2, -0.15) is 12.6 Å². The smallest absolute Gasteiger partial charge is 0.126 e. The Kier molecular flexibility index (Phi) is 2.94. The van der Waals surface area contributed by atoms with Crippen LogP contribution in [0.5, 0.6) is 0 Å². The summed E-state index contributed by atoms with van der Waals surface area (Å²) < 4.78 is 12.7. The van der Waals surface area contributed by atoms with E-state index in [1.807, 2.05) is 6.07 Å². The van der Waals surface area contributed by atoms with Crippen molar-refractivity contribution >= 4 is 12.6 Å². The molecule has 0 fully saturated rings. The van der Waals surface area contributed by atoms with E-state index >= 15 is 0 Å². The molecule has 1 rings (SSSR count). The molecule has 11 heavy (non-hydrogen) atoms. The molecule has 1 aromatic carbocycles. The Morgan fingerprint density at radius 3 is 2.73 bits per heavy atom. The van der Waals surface area contributed by atoms with Crippen molar-refractivity contribution in [2.75, 3.05) is 5.75 Å². The zero-order valence-electron chi connectivity index (χ0n) is 6.47. The minimum absolute atomic E-state index is 0.132.